The molecule has 0 bridgehead atoms. The Bertz CT molecular complexity index is 974. The number of aliphatic hydroxyl groups excluding tert-OH is 1. The van der Waals surface area contributed by atoms with Crippen LogP contribution in [0.25, 0.3) is 11.1 Å². The first-order valence-corrected chi connectivity index (χ1v) is 10.7. The molecule has 2 amide bonds. The Hall–Kier alpha value is -3.39. The fraction of sp³-hybridized carbons (Fsp3) is 0.375. The summed E-state index contributed by atoms with van der Waals surface area (Å²) in [5.41, 5.74) is 4.44. The molecule has 2 aromatic carbocycles. The lowest BCUT2D eigenvalue weighted by Gasteiger charge is -2.20. The molecule has 2 aliphatic carbocycles. The van der Waals surface area contributed by atoms with Crippen LogP contribution in [0.3, 0.4) is 0 Å². The summed E-state index contributed by atoms with van der Waals surface area (Å²) >= 11 is 0. The minimum Gasteiger partial charge on any atom is -0.479 e. The standard InChI is InChI=1S/C24H26N2O6/c27-21(23(29)30)12-25-22(28)20(11-14-9-10-14)26-24(31)32-13-19-17-7-3-1-5-15(17)16-6-2-4-8-18(16)19/h1-8,14,19-21,27H,9-13H2,(H,25,28)(H,26,31)(H,29,30)/t20-,21?/m0/s1. The van der Waals surface area contributed by atoms with E-state index in [1.165, 1.54) is 0 Å². The summed E-state index contributed by atoms with van der Waals surface area (Å²) in [5.74, 6) is -1.71. The van der Waals surface area contributed by atoms with E-state index in [1.54, 1.807) is 0 Å². The number of carboxylic acid groups (broad SMARTS) is 1. The molecule has 1 fully saturated rings. The Morgan fingerprint density at radius 1 is 1.00 bits per heavy atom. The van der Waals surface area contributed by atoms with Crippen molar-refractivity contribution in [3.63, 3.8) is 0 Å². The average Bonchev–Trinajstić information content (AvgIpc) is 3.56. The SMILES string of the molecule is O=C(N[C@@H](CC1CC1)C(=O)NCC(O)C(=O)O)OCC1c2ccccc2-c2ccccc21. The number of benzene rings is 2. The third-order valence-corrected chi connectivity index (χ3v) is 5.97. The van der Waals surface area contributed by atoms with Crippen molar-refractivity contribution in [1.29, 1.82) is 0 Å². The first-order chi connectivity index (χ1) is 15.4. The molecular formula is C24H26N2O6. The number of rotatable bonds is 9. The Kier molecular flexibility index (Phi) is 6.41. The lowest BCUT2D eigenvalue weighted by atomic mass is 9.98. The molecule has 4 N–H and O–H groups in total. The van der Waals surface area contributed by atoms with Crippen LogP contribution in [-0.4, -0.2) is 53.5 Å². The van der Waals surface area contributed by atoms with Crippen LogP contribution in [-0.2, 0) is 14.3 Å². The molecule has 1 saturated carbocycles. The topological polar surface area (TPSA) is 125 Å². The van der Waals surface area contributed by atoms with Gasteiger partial charge in [-0.15, -0.1) is 0 Å². The van der Waals surface area contributed by atoms with E-state index in [-0.39, 0.29) is 12.5 Å². The molecule has 8 heteroatoms. The van der Waals surface area contributed by atoms with Crippen molar-refractivity contribution < 1.29 is 29.3 Å². The van der Waals surface area contributed by atoms with Gasteiger partial charge in [0.1, 0.15) is 12.6 Å². The maximum absolute atomic E-state index is 12.5. The van der Waals surface area contributed by atoms with E-state index < -0.39 is 36.7 Å². The number of hydrogen-bond acceptors (Lipinski definition) is 5. The van der Waals surface area contributed by atoms with Crippen LogP contribution in [0.5, 0.6) is 0 Å². The van der Waals surface area contributed by atoms with Crippen molar-refractivity contribution in [2.75, 3.05) is 13.2 Å². The molecule has 168 valence electrons. The highest BCUT2D eigenvalue weighted by atomic mass is 16.5. The van der Waals surface area contributed by atoms with E-state index >= 15 is 0 Å². The molecule has 4 rings (SSSR count). The van der Waals surface area contributed by atoms with Gasteiger partial charge >= 0.3 is 12.1 Å². The highest BCUT2D eigenvalue weighted by molar-refractivity contribution is 5.86. The fourth-order valence-electron chi connectivity index (χ4n) is 4.11. The molecule has 0 radical (unpaired) electrons. The van der Waals surface area contributed by atoms with E-state index in [9.17, 15) is 19.5 Å². The van der Waals surface area contributed by atoms with Gasteiger partial charge in [-0.3, -0.25) is 4.79 Å². The van der Waals surface area contributed by atoms with Crippen molar-refractivity contribution >= 4 is 18.0 Å². The number of aliphatic carboxylic acids is 1. The van der Waals surface area contributed by atoms with Gasteiger partial charge in [0.2, 0.25) is 5.91 Å². The van der Waals surface area contributed by atoms with Gasteiger partial charge in [0, 0.05) is 5.92 Å². The van der Waals surface area contributed by atoms with E-state index in [2.05, 4.69) is 22.8 Å². The Balaban J connectivity index is 1.37. The smallest absolute Gasteiger partial charge is 0.407 e. The number of carboxylic acids is 1. The molecule has 32 heavy (non-hydrogen) atoms. The molecule has 2 aromatic rings. The first kappa shape index (κ1) is 21.8. The third-order valence-electron chi connectivity index (χ3n) is 5.97. The van der Waals surface area contributed by atoms with Crippen molar-refractivity contribution in [3.05, 3.63) is 59.7 Å². The molecule has 2 aliphatic rings. The predicted octanol–water partition coefficient (Wildman–Crippen LogP) is 2.26. The lowest BCUT2D eigenvalue weighted by molar-refractivity contribution is -0.146. The van der Waals surface area contributed by atoms with Gasteiger partial charge < -0.3 is 25.6 Å². The highest BCUT2D eigenvalue weighted by Crippen LogP contribution is 2.44. The van der Waals surface area contributed by atoms with Crippen LogP contribution in [0.15, 0.2) is 48.5 Å². The molecule has 1 unspecified atom stereocenters. The van der Waals surface area contributed by atoms with E-state index in [1.807, 2.05) is 36.4 Å². The third kappa shape index (κ3) is 4.91. The van der Waals surface area contributed by atoms with Crippen LogP contribution in [0.4, 0.5) is 4.79 Å². The second-order valence-corrected chi connectivity index (χ2v) is 8.30. The zero-order chi connectivity index (χ0) is 22.7. The van der Waals surface area contributed by atoms with Gasteiger partial charge in [-0.1, -0.05) is 61.4 Å². The number of fused-ring (bicyclic) bond motifs is 3. The highest BCUT2D eigenvalue weighted by Gasteiger charge is 2.32. The summed E-state index contributed by atoms with van der Waals surface area (Å²) in [5, 5.41) is 23.1. The van der Waals surface area contributed by atoms with Crippen LogP contribution >= 0.6 is 0 Å². The monoisotopic (exact) mass is 438 g/mol. The molecular weight excluding hydrogens is 412 g/mol. The molecule has 8 nitrogen and oxygen atoms in total. The van der Waals surface area contributed by atoms with Crippen molar-refractivity contribution in [2.45, 2.75) is 37.3 Å². The number of ether oxygens (including phenoxy) is 1. The lowest BCUT2D eigenvalue weighted by Crippen LogP contribution is -2.49. The normalized spacial score (nSPS) is 16.4. The van der Waals surface area contributed by atoms with Gasteiger partial charge in [0.05, 0.1) is 6.54 Å². The summed E-state index contributed by atoms with van der Waals surface area (Å²) in [7, 11) is 0. The van der Waals surface area contributed by atoms with Gasteiger partial charge in [0.25, 0.3) is 0 Å². The van der Waals surface area contributed by atoms with Gasteiger partial charge in [-0.25, -0.2) is 9.59 Å². The second kappa shape index (κ2) is 9.40. The quantitative estimate of drug-likeness (QED) is 0.476. The van der Waals surface area contributed by atoms with Crippen LogP contribution in [0.2, 0.25) is 0 Å². The Labute approximate surface area is 185 Å². The van der Waals surface area contributed by atoms with Crippen LogP contribution in [0, 0.1) is 5.92 Å². The summed E-state index contributed by atoms with van der Waals surface area (Å²) in [6, 6.07) is 15.2. The summed E-state index contributed by atoms with van der Waals surface area (Å²) in [6.45, 7) is -0.295. The Morgan fingerprint density at radius 3 is 2.16 bits per heavy atom. The number of carbonyl (C=O) groups is 3. The molecule has 0 saturated heterocycles. The van der Waals surface area contributed by atoms with Gasteiger partial charge in [-0.05, 0) is 34.6 Å². The first-order valence-electron chi connectivity index (χ1n) is 10.7. The molecule has 0 aromatic heterocycles. The zero-order valence-corrected chi connectivity index (χ0v) is 17.5. The summed E-state index contributed by atoms with van der Waals surface area (Å²) in [6.07, 6.45) is 0.00231. The number of carbonyl (C=O) groups excluding carboxylic acids is 2. The van der Waals surface area contributed by atoms with Gasteiger partial charge in [0.15, 0.2) is 6.10 Å². The molecule has 0 heterocycles. The van der Waals surface area contributed by atoms with Crippen molar-refractivity contribution in [2.24, 2.45) is 5.92 Å². The summed E-state index contributed by atoms with van der Waals surface area (Å²) in [4.78, 5) is 35.7. The number of hydrogen-bond donors (Lipinski definition) is 4. The minimum atomic E-state index is -1.70. The van der Waals surface area contributed by atoms with E-state index in [4.69, 9.17) is 9.84 Å². The van der Waals surface area contributed by atoms with Crippen molar-refractivity contribution in [1.82, 2.24) is 10.6 Å². The van der Waals surface area contributed by atoms with E-state index in [0.29, 0.717) is 12.3 Å². The van der Waals surface area contributed by atoms with Gasteiger partial charge in [-0.2, -0.15) is 0 Å². The number of aliphatic hydroxyl groups is 1. The van der Waals surface area contributed by atoms with Crippen LogP contribution in [0.1, 0.15) is 36.3 Å². The number of amides is 2. The predicted molar refractivity (Wildman–Crippen MR) is 116 cm³/mol. The second-order valence-electron chi connectivity index (χ2n) is 8.30. The van der Waals surface area contributed by atoms with Crippen molar-refractivity contribution in [3.8, 4) is 11.1 Å². The summed E-state index contributed by atoms with van der Waals surface area (Å²) < 4.78 is 5.51. The maximum atomic E-state index is 12.5. The zero-order valence-electron chi connectivity index (χ0n) is 17.5. The Morgan fingerprint density at radius 2 is 1.59 bits per heavy atom. The van der Waals surface area contributed by atoms with Crippen LogP contribution < -0.4 is 10.6 Å². The maximum Gasteiger partial charge on any atom is 0.407 e. The fourth-order valence-corrected chi connectivity index (χ4v) is 4.11. The average molecular weight is 438 g/mol. The van der Waals surface area contributed by atoms with E-state index in [0.717, 1.165) is 35.1 Å². The molecule has 2 atom stereocenters. The largest absolute Gasteiger partial charge is 0.479 e. The number of alkyl carbamates (subject to hydrolysis) is 1. The molecule has 0 spiro atoms. The minimum absolute atomic E-state index is 0.0884. The molecule has 0 aliphatic heterocycles. The number of nitrogens with one attached hydrogen (secondary N) is 2.